The number of fused-ring (bicyclic) bond motifs is 3. The zero-order chi connectivity index (χ0) is 22.5. The van der Waals surface area contributed by atoms with E-state index in [1.54, 1.807) is 11.8 Å². The van der Waals surface area contributed by atoms with Crippen molar-refractivity contribution in [2.75, 3.05) is 31.2 Å². The van der Waals surface area contributed by atoms with E-state index in [0.717, 1.165) is 16.9 Å². The third-order valence-corrected chi connectivity index (χ3v) is 6.94. The highest BCUT2D eigenvalue weighted by atomic mass is 32.2. The number of alkyl carbamates (subject to hydrolysis) is 1. The molecule has 1 fully saturated rings. The van der Waals surface area contributed by atoms with Gasteiger partial charge >= 0.3 is 12.1 Å². The van der Waals surface area contributed by atoms with Crippen LogP contribution in [0.3, 0.4) is 0 Å². The highest BCUT2D eigenvalue weighted by molar-refractivity contribution is 7.99. The number of aliphatic carboxylic acids is 1. The van der Waals surface area contributed by atoms with Gasteiger partial charge in [-0.1, -0.05) is 48.5 Å². The number of thioether (sulfide) groups is 1. The smallest absolute Gasteiger partial charge is 0.407 e. The van der Waals surface area contributed by atoms with Crippen LogP contribution < -0.4 is 5.32 Å². The fourth-order valence-corrected chi connectivity index (χ4v) is 5.37. The van der Waals surface area contributed by atoms with Crippen LogP contribution in [0.5, 0.6) is 0 Å². The lowest BCUT2D eigenvalue weighted by Gasteiger charge is -2.32. The zero-order valence-corrected chi connectivity index (χ0v) is 18.5. The number of nitrogens with zero attached hydrogens (tertiary/aromatic N) is 1. The van der Waals surface area contributed by atoms with Gasteiger partial charge in [0, 0.05) is 36.9 Å². The van der Waals surface area contributed by atoms with Crippen LogP contribution in [0.1, 0.15) is 29.9 Å². The minimum Gasteiger partial charge on any atom is -0.480 e. The summed E-state index contributed by atoms with van der Waals surface area (Å²) in [4.78, 5) is 37.4. The molecule has 1 unspecified atom stereocenters. The van der Waals surface area contributed by atoms with E-state index in [9.17, 15) is 19.5 Å². The van der Waals surface area contributed by atoms with Gasteiger partial charge in [-0.15, -0.1) is 0 Å². The maximum Gasteiger partial charge on any atom is 0.407 e. The topological polar surface area (TPSA) is 95.9 Å². The van der Waals surface area contributed by atoms with Gasteiger partial charge in [0.1, 0.15) is 12.6 Å². The van der Waals surface area contributed by atoms with Gasteiger partial charge in [0.25, 0.3) is 0 Å². The third-order valence-electron chi connectivity index (χ3n) is 5.91. The van der Waals surface area contributed by atoms with Gasteiger partial charge < -0.3 is 20.1 Å². The molecule has 2 amide bonds. The van der Waals surface area contributed by atoms with E-state index in [2.05, 4.69) is 29.6 Å². The number of nitrogens with one attached hydrogen (secondary N) is 1. The summed E-state index contributed by atoms with van der Waals surface area (Å²) in [5.41, 5.74) is 4.65. The van der Waals surface area contributed by atoms with E-state index < -0.39 is 18.1 Å². The van der Waals surface area contributed by atoms with E-state index in [1.165, 1.54) is 16.0 Å². The summed E-state index contributed by atoms with van der Waals surface area (Å²) in [7, 11) is 0. The van der Waals surface area contributed by atoms with Gasteiger partial charge in [-0.05, 0) is 28.7 Å². The number of carbonyl (C=O) groups excluding carboxylic acids is 2. The summed E-state index contributed by atoms with van der Waals surface area (Å²) in [5.74, 6) is 0.000986. The molecule has 8 heteroatoms. The molecule has 7 nitrogen and oxygen atoms in total. The Morgan fingerprint density at radius 1 is 1.06 bits per heavy atom. The first kappa shape index (κ1) is 22.2. The van der Waals surface area contributed by atoms with E-state index in [1.807, 2.05) is 24.3 Å². The molecule has 2 aromatic rings. The molecular weight excluding hydrogens is 428 g/mol. The summed E-state index contributed by atoms with van der Waals surface area (Å²) in [5, 5.41) is 12.0. The molecule has 4 rings (SSSR count). The molecule has 1 aliphatic heterocycles. The predicted molar refractivity (Wildman–Crippen MR) is 123 cm³/mol. The number of benzene rings is 2. The Balaban J connectivity index is 1.23. The second-order valence-corrected chi connectivity index (χ2v) is 9.02. The minimum atomic E-state index is -0.970. The molecule has 1 aliphatic carbocycles. The lowest BCUT2D eigenvalue weighted by Crippen LogP contribution is -2.50. The fraction of sp³-hybridized carbons (Fsp3) is 0.375. The monoisotopic (exact) mass is 454 g/mol. The Kier molecular flexibility index (Phi) is 6.99. The second kappa shape index (κ2) is 10.1. The van der Waals surface area contributed by atoms with Crippen molar-refractivity contribution in [1.82, 2.24) is 10.2 Å². The van der Waals surface area contributed by atoms with Crippen molar-refractivity contribution in [3.63, 3.8) is 0 Å². The molecule has 168 valence electrons. The Hall–Kier alpha value is -3.00. The van der Waals surface area contributed by atoms with Gasteiger partial charge in [-0.25, -0.2) is 9.59 Å². The first-order chi connectivity index (χ1) is 15.6. The highest BCUT2D eigenvalue weighted by Crippen LogP contribution is 2.44. The molecule has 0 saturated carbocycles. The Labute approximate surface area is 191 Å². The number of rotatable bonds is 7. The normalized spacial score (nSPS) is 17.4. The molecule has 1 saturated heterocycles. The number of ether oxygens (including phenoxy) is 1. The number of hydrogen-bond donors (Lipinski definition) is 2. The largest absolute Gasteiger partial charge is 0.480 e. The summed E-state index contributed by atoms with van der Waals surface area (Å²) in [6.07, 6.45) is 0.106. The van der Waals surface area contributed by atoms with Crippen molar-refractivity contribution < 1.29 is 24.2 Å². The van der Waals surface area contributed by atoms with Crippen molar-refractivity contribution in [2.24, 2.45) is 0 Å². The molecule has 2 aromatic carbocycles. The number of amides is 2. The third kappa shape index (κ3) is 4.75. The summed E-state index contributed by atoms with van der Waals surface area (Å²) in [6, 6.07) is 15.5. The van der Waals surface area contributed by atoms with Gasteiger partial charge in [-0.2, -0.15) is 11.8 Å². The standard InChI is InChI=1S/C24H26N2O5S/c27-22(26-12-13-32-15-21(26)23(28)29)10-5-11-25-24(30)31-14-20-18-8-3-1-6-16(18)17-7-2-4-9-19(17)20/h1-4,6-9,20-21H,5,10-15H2,(H,25,30)(H,28,29). The molecule has 0 aromatic heterocycles. The minimum absolute atomic E-state index is 0.000323. The summed E-state index contributed by atoms with van der Waals surface area (Å²) < 4.78 is 5.49. The molecule has 0 bridgehead atoms. The van der Waals surface area contributed by atoms with Crippen molar-refractivity contribution in [3.05, 3.63) is 59.7 Å². The molecule has 32 heavy (non-hydrogen) atoms. The maximum absolute atomic E-state index is 12.4. The molecule has 0 spiro atoms. The van der Waals surface area contributed by atoms with Gasteiger partial charge in [0.15, 0.2) is 0 Å². The second-order valence-electron chi connectivity index (χ2n) is 7.87. The molecule has 2 aliphatic rings. The lowest BCUT2D eigenvalue weighted by molar-refractivity contribution is -0.149. The van der Waals surface area contributed by atoms with E-state index in [-0.39, 0.29) is 24.9 Å². The van der Waals surface area contributed by atoms with Crippen LogP contribution in [0.15, 0.2) is 48.5 Å². The Morgan fingerprint density at radius 2 is 1.72 bits per heavy atom. The molecule has 2 N–H and O–H groups in total. The van der Waals surface area contributed by atoms with Crippen LogP contribution in [-0.2, 0) is 14.3 Å². The van der Waals surface area contributed by atoms with Crippen molar-refractivity contribution >= 4 is 29.7 Å². The summed E-state index contributed by atoms with van der Waals surface area (Å²) >= 11 is 1.54. The predicted octanol–water partition coefficient (Wildman–Crippen LogP) is 3.33. The lowest BCUT2D eigenvalue weighted by atomic mass is 9.98. The van der Waals surface area contributed by atoms with Gasteiger partial charge in [-0.3, -0.25) is 4.79 Å². The average molecular weight is 455 g/mol. The first-order valence-corrected chi connectivity index (χ1v) is 11.9. The number of carboxylic acids is 1. The fourth-order valence-electron chi connectivity index (χ4n) is 4.33. The Bertz CT molecular complexity index is 966. The molecule has 1 atom stereocenters. The zero-order valence-electron chi connectivity index (χ0n) is 17.7. The number of carbonyl (C=O) groups is 3. The van der Waals surface area contributed by atoms with Gasteiger partial charge in [0.2, 0.25) is 5.91 Å². The van der Waals surface area contributed by atoms with Crippen LogP contribution >= 0.6 is 11.8 Å². The van der Waals surface area contributed by atoms with Crippen molar-refractivity contribution in [2.45, 2.75) is 24.8 Å². The average Bonchev–Trinajstić information content (AvgIpc) is 3.14. The maximum atomic E-state index is 12.4. The van der Waals surface area contributed by atoms with E-state index in [4.69, 9.17) is 4.74 Å². The molecule has 0 radical (unpaired) electrons. The molecule has 1 heterocycles. The number of hydrogen-bond acceptors (Lipinski definition) is 5. The van der Waals surface area contributed by atoms with E-state index in [0.29, 0.717) is 25.3 Å². The van der Waals surface area contributed by atoms with Crippen molar-refractivity contribution in [1.29, 1.82) is 0 Å². The SMILES string of the molecule is O=C(NCCCC(=O)N1CCSCC1C(=O)O)OCC1c2ccccc2-c2ccccc21. The van der Waals surface area contributed by atoms with Crippen LogP contribution in [0.4, 0.5) is 4.79 Å². The van der Waals surface area contributed by atoms with Crippen LogP contribution in [0, 0.1) is 0 Å². The van der Waals surface area contributed by atoms with E-state index >= 15 is 0 Å². The Morgan fingerprint density at radius 3 is 2.38 bits per heavy atom. The quantitative estimate of drug-likeness (QED) is 0.623. The van der Waals surface area contributed by atoms with Crippen LogP contribution in [0.25, 0.3) is 11.1 Å². The summed E-state index contributed by atoms with van der Waals surface area (Å²) in [6.45, 7) is 0.980. The van der Waals surface area contributed by atoms with Crippen molar-refractivity contribution in [3.8, 4) is 11.1 Å². The van der Waals surface area contributed by atoms with Crippen LogP contribution in [0.2, 0.25) is 0 Å². The highest BCUT2D eigenvalue weighted by Gasteiger charge is 2.32. The first-order valence-electron chi connectivity index (χ1n) is 10.7. The van der Waals surface area contributed by atoms with Crippen LogP contribution in [-0.4, -0.2) is 65.2 Å². The molecular formula is C24H26N2O5S. The number of carboxylic acid groups (broad SMARTS) is 1. The van der Waals surface area contributed by atoms with Gasteiger partial charge in [0.05, 0.1) is 0 Å².